The van der Waals surface area contributed by atoms with Crippen LogP contribution in [0.2, 0.25) is 0 Å². The van der Waals surface area contributed by atoms with Crippen LogP contribution in [0.4, 0.5) is 23.2 Å². The minimum atomic E-state index is -4.48. The monoisotopic (exact) mass is 471 g/mol. The van der Waals surface area contributed by atoms with Crippen molar-refractivity contribution in [2.24, 2.45) is 0 Å². The van der Waals surface area contributed by atoms with E-state index in [0.717, 1.165) is 41.8 Å². The highest BCUT2D eigenvalue weighted by Crippen LogP contribution is 2.41. The number of halogens is 4. The minimum absolute atomic E-state index is 0.137. The van der Waals surface area contributed by atoms with E-state index in [0.29, 0.717) is 16.8 Å². The summed E-state index contributed by atoms with van der Waals surface area (Å²) in [6.07, 6.45) is -1.17. The molecule has 1 saturated carbocycles. The van der Waals surface area contributed by atoms with E-state index in [4.69, 9.17) is 0 Å². The molecular formula is C23H17F4N5O2. The van der Waals surface area contributed by atoms with E-state index < -0.39 is 35.6 Å². The second kappa shape index (κ2) is 8.08. The molecule has 0 radical (unpaired) electrons. The molecule has 174 valence electrons. The number of hydrogen-bond acceptors (Lipinski definition) is 4. The molecule has 0 bridgehead atoms. The Labute approximate surface area is 189 Å². The molecule has 11 heteroatoms. The molecule has 2 aromatic heterocycles. The molecular weight excluding hydrogens is 454 g/mol. The number of rotatable bonds is 5. The van der Waals surface area contributed by atoms with Gasteiger partial charge in [-0.05, 0) is 61.4 Å². The first kappa shape index (κ1) is 21.8. The van der Waals surface area contributed by atoms with Gasteiger partial charge >= 0.3 is 6.18 Å². The molecule has 2 heterocycles. The van der Waals surface area contributed by atoms with Gasteiger partial charge in [0.1, 0.15) is 17.9 Å². The summed E-state index contributed by atoms with van der Waals surface area (Å²) in [5.74, 6) is -0.917. The Balaban J connectivity index is 1.48. The van der Waals surface area contributed by atoms with Crippen LogP contribution in [0.5, 0.6) is 0 Å². The second-order valence-electron chi connectivity index (χ2n) is 8.04. The first-order valence-electron chi connectivity index (χ1n) is 10.4. The highest BCUT2D eigenvalue weighted by molar-refractivity contribution is 5.91. The van der Waals surface area contributed by atoms with Crippen LogP contribution in [0.3, 0.4) is 0 Å². The molecule has 0 atom stereocenters. The van der Waals surface area contributed by atoms with Crippen LogP contribution >= 0.6 is 0 Å². The van der Waals surface area contributed by atoms with Gasteiger partial charge in [0.15, 0.2) is 0 Å². The molecule has 1 aliphatic carbocycles. The third kappa shape index (κ3) is 4.16. The van der Waals surface area contributed by atoms with Gasteiger partial charge < -0.3 is 5.32 Å². The third-order valence-corrected chi connectivity index (χ3v) is 5.54. The second-order valence-corrected chi connectivity index (χ2v) is 8.04. The van der Waals surface area contributed by atoms with Crippen LogP contribution in [-0.2, 0) is 17.5 Å². The van der Waals surface area contributed by atoms with E-state index in [1.165, 1.54) is 35.1 Å². The van der Waals surface area contributed by atoms with Crippen LogP contribution in [0, 0.1) is 5.82 Å². The van der Waals surface area contributed by atoms with Gasteiger partial charge in [0, 0.05) is 17.0 Å². The third-order valence-electron chi connectivity index (χ3n) is 5.54. The Bertz CT molecular complexity index is 1440. The number of nitrogens with zero attached hydrogens (tertiary/aromatic N) is 4. The summed E-state index contributed by atoms with van der Waals surface area (Å²) in [4.78, 5) is 25.8. The van der Waals surface area contributed by atoms with E-state index >= 15 is 0 Å². The van der Waals surface area contributed by atoms with Crippen LogP contribution in [-0.4, -0.2) is 25.5 Å². The van der Waals surface area contributed by atoms with Gasteiger partial charge in [-0.3, -0.25) is 9.59 Å². The zero-order valence-corrected chi connectivity index (χ0v) is 17.5. The van der Waals surface area contributed by atoms with Crippen molar-refractivity contribution in [1.82, 2.24) is 19.6 Å². The van der Waals surface area contributed by atoms with Gasteiger partial charge in [0.25, 0.3) is 5.56 Å². The molecule has 5 rings (SSSR count). The maximum atomic E-state index is 13.4. The average molecular weight is 471 g/mol. The normalized spacial score (nSPS) is 13.9. The number of benzene rings is 2. The molecule has 2 aromatic carbocycles. The molecule has 1 aliphatic rings. The highest BCUT2D eigenvalue weighted by atomic mass is 19.4. The Morgan fingerprint density at radius 1 is 1.06 bits per heavy atom. The predicted molar refractivity (Wildman–Crippen MR) is 115 cm³/mol. The first-order valence-corrected chi connectivity index (χ1v) is 10.4. The van der Waals surface area contributed by atoms with Gasteiger partial charge in [0.2, 0.25) is 5.91 Å². The van der Waals surface area contributed by atoms with Crippen LogP contribution in [0.15, 0.2) is 59.5 Å². The van der Waals surface area contributed by atoms with Crippen molar-refractivity contribution in [1.29, 1.82) is 0 Å². The summed E-state index contributed by atoms with van der Waals surface area (Å²) in [5.41, 5.74) is 0.0880. The fourth-order valence-corrected chi connectivity index (χ4v) is 3.72. The Hall–Kier alpha value is -4.02. The summed E-state index contributed by atoms with van der Waals surface area (Å²) >= 11 is 0. The SMILES string of the molecule is O=C(Cn1nc(C2CC2)c2cnn(-c3ccc(F)cc3)c2c1=O)Nc1ccc(C(F)(F)F)cc1. The number of carbonyl (C=O) groups excluding carboxylic acids is 1. The van der Waals surface area contributed by atoms with E-state index in [1.807, 2.05) is 0 Å². The van der Waals surface area contributed by atoms with E-state index in [-0.39, 0.29) is 17.1 Å². The molecule has 7 nitrogen and oxygen atoms in total. The number of amides is 1. The lowest BCUT2D eigenvalue weighted by Gasteiger charge is -2.11. The molecule has 1 fully saturated rings. The van der Waals surface area contributed by atoms with Crippen molar-refractivity contribution in [2.75, 3.05) is 5.32 Å². The molecule has 0 aliphatic heterocycles. The standard InChI is InChI=1S/C23H17F4N5O2/c24-15-5-9-17(10-6-15)32-21-18(11-28-32)20(13-1-2-13)30-31(22(21)34)12-19(33)29-16-7-3-14(4-8-16)23(25,26)27/h3-11,13H,1-2,12H2,(H,29,33). The summed E-state index contributed by atoms with van der Waals surface area (Å²) < 4.78 is 54.0. The molecule has 1 amide bonds. The Kier molecular flexibility index (Phi) is 5.18. The Morgan fingerprint density at radius 2 is 1.74 bits per heavy atom. The van der Waals surface area contributed by atoms with Crippen LogP contribution in [0.1, 0.15) is 30.0 Å². The number of carbonyl (C=O) groups is 1. The molecule has 34 heavy (non-hydrogen) atoms. The van der Waals surface area contributed by atoms with Crippen molar-refractivity contribution in [3.63, 3.8) is 0 Å². The van der Waals surface area contributed by atoms with Crippen molar-refractivity contribution in [3.8, 4) is 5.69 Å². The van der Waals surface area contributed by atoms with Crippen LogP contribution in [0.25, 0.3) is 16.6 Å². The smallest absolute Gasteiger partial charge is 0.324 e. The highest BCUT2D eigenvalue weighted by Gasteiger charge is 2.31. The summed E-state index contributed by atoms with van der Waals surface area (Å²) in [6.45, 7) is -0.440. The topological polar surface area (TPSA) is 81.8 Å². The number of alkyl halides is 3. The van der Waals surface area contributed by atoms with E-state index in [9.17, 15) is 27.2 Å². The van der Waals surface area contributed by atoms with Gasteiger partial charge in [-0.1, -0.05) is 0 Å². The summed E-state index contributed by atoms with van der Waals surface area (Å²) in [7, 11) is 0. The molecule has 0 spiro atoms. The van der Waals surface area contributed by atoms with Gasteiger partial charge in [-0.25, -0.2) is 13.8 Å². The fraction of sp³-hybridized carbons (Fsp3) is 0.217. The molecule has 1 N–H and O–H groups in total. The Morgan fingerprint density at radius 3 is 2.35 bits per heavy atom. The lowest BCUT2D eigenvalue weighted by molar-refractivity contribution is -0.137. The van der Waals surface area contributed by atoms with Crippen molar-refractivity contribution < 1.29 is 22.4 Å². The molecule has 0 saturated heterocycles. The largest absolute Gasteiger partial charge is 0.416 e. The number of anilines is 1. The number of fused-ring (bicyclic) bond motifs is 1. The van der Waals surface area contributed by atoms with Crippen molar-refractivity contribution >= 4 is 22.5 Å². The average Bonchev–Trinajstić information content (AvgIpc) is 3.54. The lowest BCUT2D eigenvalue weighted by Crippen LogP contribution is -2.31. The zero-order chi connectivity index (χ0) is 24.0. The minimum Gasteiger partial charge on any atom is -0.324 e. The van der Waals surface area contributed by atoms with Gasteiger partial charge in [-0.15, -0.1) is 0 Å². The number of hydrogen-bond donors (Lipinski definition) is 1. The van der Waals surface area contributed by atoms with E-state index in [1.54, 1.807) is 0 Å². The maximum absolute atomic E-state index is 13.4. The van der Waals surface area contributed by atoms with Crippen LogP contribution < -0.4 is 10.9 Å². The summed E-state index contributed by atoms with van der Waals surface area (Å²) in [5, 5.41) is 11.7. The van der Waals surface area contributed by atoms with Gasteiger partial charge in [-0.2, -0.15) is 23.4 Å². The van der Waals surface area contributed by atoms with E-state index in [2.05, 4.69) is 15.5 Å². The maximum Gasteiger partial charge on any atom is 0.416 e. The first-order chi connectivity index (χ1) is 16.2. The van der Waals surface area contributed by atoms with Gasteiger partial charge in [0.05, 0.1) is 23.1 Å². The fourth-order valence-electron chi connectivity index (χ4n) is 3.72. The summed E-state index contributed by atoms with van der Waals surface area (Å²) in [6, 6.07) is 9.47. The molecule has 0 unspecified atom stereocenters. The van der Waals surface area contributed by atoms with Crippen molar-refractivity contribution in [3.05, 3.63) is 82.2 Å². The van der Waals surface area contributed by atoms with Crippen molar-refractivity contribution in [2.45, 2.75) is 31.5 Å². The predicted octanol–water partition coefficient (Wildman–Crippen LogP) is 4.26. The number of nitrogens with one attached hydrogen (secondary N) is 1. The lowest BCUT2D eigenvalue weighted by atomic mass is 10.2. The quantitative estimate of drug-likeness (QED) is 0.441. The number of aromatic nitrogens is 4. The molecule has 4 aromatic rings. The zero-order valence-electron chi connectivity index (χ0n) is 17.5.